The number of urea groups is 1. The van der Waals surface area contributed by atoms with Gasteiger partial charge in [0.2, 0.25) is 5.91 Å². The molecule has 1 fully saturated rings. The number of rotatable bonds is 8. The second-order valence-electron chi connectivity index (χ2n) is 4.96. The summed E-state index contributed by atoms with van der Waals surface area (Å²) in [7, 11) is 1.59. The van der Waals surface area contributed by atoms with Crippen molar-refractivity contribution in [2.75, 3.05) is 13.7 Å². The molecule has 0 spiro atoms. The maximum atomic E-state index is 11.6. The van der Waals surface area contributed by atoms with Crippen molar-refractivity contribution in [2.24, 2.45) is 5.73 Å². The van der Waals surface area contributed by atoms with Crippen LogP contribution in [0.4, 0.5) is 4.79 Å². The van der Waals surface area contributed by atoms with Gasteiger partial charge in [0.1, 0.15) is 6.04 Å². The van der Waals surface area contributed by atoms with Crippen LogP contribution in [-0.2, 0) is 14.3 Å². The largest absolute Gasteiger partial charge is 0.480 e. The van der Waals surface area contributed by atoms with Gasteiger partial charge in [-0.15, -0.1) is 0 Å². The van der Waals surface area contributed by atoms with E-state index in [0.717, 1.165) is 19.3 Å². The highest BCUT2D eigenvalue weighted by atomic mass is 16.5. The average molecular weight is 287 g/mol. The Labute approximate surface area is 117 Å². The summed E-state index contributed by atoms with van der Waals surface area (Å²) < 4.78 is 5.34. The Kier molecular flexibility index (Phi) is 5.75. The number of carboxylic acids is 1. The minimum Gasteiger partial charge on any atom is -0.480 e. The molecule has 1 aliphatic rings. The molecule has 0 aromatic heterocycles. The average Bonchev–Trinajstić information content (AvgIpc) is 2.33. The second kappa shape index (κ2) is 7.09. The number of carbonyl (C=O) groups excluding carboxylic acids is 2. The number of primary amides is 1. The summed E-state index contributed by atoms with van der Waals surface area (Å²) >= 11 is 0. The molecule has 1 atom stereocenters. The normalized spacial score (nSPS) is 17.6. The Morgan fingerprint density at radius 2 is 2.05 bits per heavy atom. The van der Waals surface area contributed by atoms with Crippen LogP contribution >= 0.6 is 0 Å². The van der Waals surface area contributed by atoms with Gasteiger partial charge in [0.05, 0.1) is 5.60 Å². The molecule has 0 aliphatic heterocycles. The van der Waals surface area contributed by atoms with Crippen LogP contribution in [0.15, 0.2) is 0 Å². The summed E-state index contributed by atoms with van der Waals surface area (Å²) in [6.07, 6.45) is 2.65. The summed E-state index contributed by atoms with van der Waals surface area (Å²) in [4.78, 5) is 33.2. The third-order valence-corrected chi connectivity index (χ3v) is 3.55. The molecule has 5 N–H and O–H groups in total. The molecule has 1 aliphatic carbocycles. The maximum Gasteiger partial charge on any atom is 0.326 e. The van der Waals surface area contributed by atoms with E-state index in [1.165, 1.54) is 0 Å². The topological polar surface area (TPSA) is 131 Å². The summed E-state index contributed by atoms with van der Waals surface area (Å²) in [5.74, 6) is -1.81. The highest BCUT2D eigenvalue weighted by molar-refractivity contribution is 5.83. The molecule has 0 bridgehead atoms. The first kappa shape index (κ1) is 16.2. The second-order valence-corrected chi connectivity index (χ2v) is 4.96. The van der Waals surface area contributed by atoms with E-state index in [1.807, 2.05) is 0 Å². The predicted octanol–water partition coefficient (Wildman–Crippen LogP) is -0.427. The molecule has 0 radical (unpaired) electrons. The fraction of sp³-hybridized carbons (Fsp3) is 0.750. The van der Waals surface area contributed by atoms with Crippen LogP contribution in [0.2, 0.25) is 0 Å². The predicted molar refractivity (Wildman–Crippen MR) is 70.0 cm³/mol. The minimum absolute atomic E-state index is 0.0342. The van der Waals surface area contributed by atoms with E-state index in [4.69, 9.17) is 15.6 Å². The molecule has 0 heterocycles. The number of hydrogen-bond donors (Lipinski definition) is 4. The zero-order valence-electron chi connectivity index (χ0n) is 11.5. The lowest BCUT2D eigenvalue weighted by Gasteiger charge is -2.40. The fourth-order valence-corrected chi connectivity index (χ4v) is 2.02. The van der Waals surface area contributed by atoms with Crippen LogP contribution in [0, 0.1) is 0 Å². The third-order valence-electron chi connectivity index (χ3n) is 3.55. The van der Waals surface area contributed by atoms with Crippen LogP contribution in [0.25, 0.3) is 0 Å². The van der Waals surface area contributed by atoms with E-state index in [1.54, 1.807) is 7.11 Å². The van der Waals surface area contributed by atoms with Crippen LogP contribution in [0.3, 0.4) is 0 Å². The SMILES string of the molecule is COC1(CNC(=O)N[C@H](CCC(N)=O)C(=O)O)CCC1. The molecule has 114 valence electrons. The van der Waals surface area contributed by atoms with E-state index in [0.29, 0.717) is 6.54 Å². The van der Waals surface area contributed by atoms with Gasteiger partial charge < -0.3 is 26.2 Å². The molecule has 8 nitrogen and oxygen atoms in total. The van der Waals surface area contributed by atoms with Crippen molar-refractivity contribution in [3.05, 3.63) is 0 Å². The Hall–Kier alpha value is -1.83. The van der Waals surface area contributed by atoms with Gasteiger partial charge in [0, 0.05) is 20.1 Å². The van der Waals surface area contributed by atoms with Gasteiger partial charge in [0.15, 0.2) is 0 Å². The molecule has 0 saturated heterocycles. The number of nitrogens with one attached hydrogen (secondary N) is 2. The molecule has 0 aromatic carbocycles. The lowest BCUT2D eigenvalue weighted by molar-refractivity contribution is -0.139. The number of methoxy groups -OCH3 is 1. The summed E-state index contributed by atoms with van der Waals surface area (Å²) in [5, 5.41) is 13.8. The molecule has 1 saturated carbocycles. The molecule has 20 heavy (non-hydrogen) atoms. The van der Waals surface area contributed by atoms with Gasteiger partial charge in [-0.05, 0) is 25.7 Å². The Bertz CT molecular complexity index is 376. The van der Waals surface area contributed by atoms with E-state index in [-0.39, 0.29) is 18.4 Å². The molecule has 8 heteroatoms. The number of carboxylic acid groups (broad SMARTS) is 1. The highest BCUT2D eigenvalue weighted by Gasteiger charge is 2.37. The van der Waals surface area contributed by atoms with Crippen molar-refractivity contribution in [3.63, 3.8) is 0 Å². The van der Waals surface area contributed by atoms with Crippen LogP contribution in [0.5, 0.6) is 0 Å². The minimum atomic E-state index is -1.20. The zero-order valence-corrected chi connectivity index (χ0v) is 11.5. The van der Waals surface area contributed by atoms with Crippen molar-refractivity contribution >= 4 is 17.9 Å². The molecule has 3 amide bonds. The number of aliphatic carboxylic acids is 1. The molecule has 1 rings (SSSR count). The van der Waals surface area contributed by atoms with Crippen LogP contribution < -0.4 is 16.4 Å². The number of nitrogens with two attached hydrogens (primary N) is 1. The fourth-order valence-electron chi connectivity index (χ4n) is 2.02. The quantitative estimate of drug-likeness (QED) is 0.481. The van der Waals surface area contributed by atoms with Crippen molar-refractivity contribution < 1.29 is 24.2 Å². The number of hydrogen-bond acceptors (Lipinski definition) is 4. The van der Waals surface area contributed by atoms with Crippen molar-refractivity contribution in [1.29, 1.82) is 0 Å². The molecular formula is C12H21N3O5. The van der Waals surface area contributed by atoms with Crippen LogP contribution in [0.1, 0.15) is 32.1 Å². The monoisotopic (exact) mass is 287 g/mol. The highest BCUT2D eigenvalue weighted by Crippen LogP contribution is 2.34. The van der Waals surface area contributed by atoms with Crippen molar-refractivity contribution in [2.45, 2.75) is 43.7 Å². The number of ether oxygens (including phenoxy) is 1. The van der Waals surface area contributed by atoms with E-state index in [2.05, 4.69) is 10.6 Å². The zero-order chi connectivity index (χ0) is 15.2. The third kappa shape index (κ3) is 4.69. The standard InChI is InChI=1S/C12H21N3O5/c1-20-12(5-2-6-12)7-14-11(19)15-8(10(17)18)3-4-9(13)16/h8H,2-7H2,1H3,(H2,13,16)(H,17,18)(H2,14,15,19)/t8-/m1/s1. The number of carbonyl (C=O) groups is 3. The van der Waals surface area contributed by atoms with E-state index < -0.39 is 23.9 Å². The Morgan fingerprint density at radius 1 is 1.40 bits per heavy atom. The van der Waals surface area contributed by atoms with Gasteiger partial charge in [-0.1, -0.05) is 0 Å². The van der Waals surface area contributed by atoms with E-state index in [9.17, 15) is 14.4 Å². The Balaban J connectivity index is 2.37. The van der Waals surface area contributed by atoms with E-state index >= 15 is 0 Å². The molecular weight excluding hydrogens is 266 g/mol. The first-order valence-electron chi connectivity index (χ1n) is 6.49. The van der Waals surface area contributed by atoms with Crippen LogP contribution in [-0.4, -0.2) is 48.3 Å². The van der Waals surface area contributed by atoms with Gasteiger partial charge >= 0.3 is 12.0 Å². The molecule has 0 aromatic rings. The van der Waals surface area contributed by atoms with Gasteiger partial charge in [-0.2, -0.15) is 0 Å². The van der Waals surface area contributed by atoms with Gasteiger partial charge in [-0.25, -0.2) is 9.59 Å². The van der Waals surface area contributed by atoms with Crippen molar-refractivity contribution in [1.82, 2.24) is 10.6 Å². The number of amides is 3. The van der Waals surface area contributed by atoms with Gasteiger partial charge in [0.25, 0.3) is 0 Å². The van der Waals surface area contributed by atoms with Crippen molar-refractivity contribution in [3.8, 4) is 0 Å². The summed E-state index contributed by atoms with van der Waals surface area (Å²) in [6, 6.07) is -1.73. The summed E-state index contributed by atoms with van der Waals surface area (Å²) in [5.41, 5.74) is 4.62. The smallest absolute Gasteiger partial charge is 0.326 e. The summed E-state index contributed by atoms with van der Waals surface area (Å²) in [6.45, 7) is 0.331. The molecule has 0 unspecified atom stereocenters. The lowest BCUT2D eigenvalue weighted by Crippen LogP contribution is -2.53. The lowest BCUT2D eigenvalue weighted by atomic mass is 9.80. The Morgan fingerprint density at radius 3 is 2.45 bits per heavy atom. The first-order chi connectivity index (χ1) is 9.38. The first-order valence-corrected chi connectivity index (χ1v) is 6.49. The van der Waals surface area contributed by atoms with Gasteiger partial charge in [-0.3, -0.25) is 4.79 Å². The maximum absolute atomic E-state index is 11.6.